The average Bonchev–Trinajstić information content (AvgIpc) is 2.30. The lowest BCUT2D eigenvalue weighted by molar-refractivity contribution is -0.115. The van der Waals surface area contributed by atoms with Gasteiger partial charge in [0.1, 0.15) is 0 Å². The van der Waals surface area contributed by atoms with E-state index in [1.807, 2.05) is 30.3 Å². The zero-order chi connectivity index (χ0) is 11.5. The van der Waals surface area contributed by atoms with Crippen molar-refractivity contribution in [1.82, 2.24) is 0 Å². The second kappa shape index (κ2) is 4.31. The summed E-state index contributed by atoms with van der Waals surface area (Å²) in [4.78, 5) is 11.7. The van der Waals surface area contributed by atoms with Crippen molar-refractivity contribution < 1.29 is 9.90 Å². The number of hydrogen-bond acceptors (Lipinski definition) is 3. The van der Waals surface area contributed by atoms with Crippen LogP contribution in [0.2, 0.25) is 0 Å². The summed E-state index contributed by atoms with van der Waals surface area (Å²) < 4.78 is 0. The number of aliphatic hydroxyl groups excluding tert-OH is 1. The van der Waals surface area contributed by atoms with E-state index in [4.69, 9.17) is 10.5 Å². The topological polar surface area (TPSA) is 61.2 Å². The molecule has 1 saturated carbocycles. The molecule has 1 aliphatic rings. The highest BCUT2D eigenvalue weighted by atomic mass is 16.2. The highest BCUT2D eigenvalue weighted by Gasteiger charge is 2.28. The van der Waals surface area contributed by atoms with E-state index in [0.717, 1.165) is 11.8 Å². The van der Waals surface area contributed by atoms with Gasteiger partial charge in [0.05, 0.1) is 11.8 Å². The third-order valence-corrected chi connectivity index (χ3v) is 2.91. The summed E-state index contributed by atoms with van der Waals surface area (Å²) in [5.74, 6) is -0.0718. The summed E-state index contributed by atoms with van der Waals surface area (Å²) in [5, 5.41) is 16.6. The van der Waals surface area contributed by atoms with Crippen molar-refractivity contribution in [3.63, 3.8) is 0 Å². The molecule has 0 bridgehead atoms. The van der Waals surface area contributed by atoms with Crippen LogP contribution in [0.5, 0.6) is 0 Å². The number of hydrogen-bond donors (Lipinski definition) is 2. The number of ketones is 1. The zero-order valence-corrected chi connectivity index (χ0v) is 8.81. The van der Waals surface area contributed by atoms with Crippen LogP contribution in [0.4, 0.5) is 0 Å². The lowest BCUT2D eigenvalue weighted by Crippen LogP contribution is -2.24. The summed E-state index contributed by atoms with van der Waals surface area (Å²) in [6.07, 6.45) is 1.65. The van der Waals surface area contributed by atoms with Crippen molar-refractivity contribution in [2.45, 2.75) is 18.8 Å². The number of allylic oxidation sites excluding steroid dienone is 1. The Bertz CT molecular complexity index is 428. The van der Waals surface area contributed by atoms with Crippen LogP contribution < -0.4 is 0 Å². The Labute approximate surface area is 93.9 Å². The molecule has 2 N–H and O–H groups in total. The molecule has 0 amide bonds. The van der Waals surface area contributed by atoms with Gasteiger partial charge >= 0.3 is 0 Å². The molecule has 1 unspecified atom stereocenters. The molecule has 0 aromatic heterocycles. The average molecular weight is 215 g/mol. The van der Waals surface area contributed by atoms with E-state index in [2.05, 4.69) is 0 Å². The first-order chi connectivity index (χ1) is 7.72. The fourth-order valence-corrected chi connectivity index (χ4v) is 2.04. The highest BCUT2D eigenvalue weighted by molar-refractivity contribution is 6.23. The smallest absolute Gasteiger partial charge is 0.168 e. The normalized spacial score (nSPS) is 23.8. The lowest BCUT2D eigenvalue weighted by Gasteiger charge is -2.23. The summed E-state index contributed by atoms with van der Waals surface area (Å²) in [6.45, 7) is 0. The van der Waals surface area contributed by atoms with Gasteiger partial charge in [0.25, 0.3) is 0 Å². The van der Waals surface area contributed by atoms with Gasteiger partial charge in [0, 0.05) is 12.1 Å². The van der Waals surface area contributed by atoms with Crippen LogP contribution in [0.3, 0.4) is 0 Å². The zero-order valence-electron chi connectivity index (χ0n) is 8.81. The van der Waals surface area contributed by atoms with Crippen LogP contribution in [0.15, 0.2) is 42.2 Å². The van der Waals surface area contributed by atoms with Crippen molar-refractivity contribution >= 4 is 11.5 Å². The molecule has 16 heavy (non-hydrogen) atoms. The largest absolute Gasteiger partial charge is 0.515 e. The maximum Gasteiger partial charge on any atom is 0.168 e. The van der Waals surface area contributed by atoms with Crippen LogP contribution in [-0.4, -0.2) is 16.6 Å². The van der Waals surface area contributed by atoms with Crippen molar-refractivity contribution in [3.05, 3.63) is 47.7 Å². The fraction of sp³-hybridized carbons (Fsp3) is 0.231. The van der Waals surface area contributed by atoms with Gasteiger partial charge < -0.3 is 10.5 Å². The second-order valence-corrected chi connectivity index (χ2v) is 3.96. The van der Waals surface area contributed by atoms with E-state index in [-0.39, 0.29) is 23.0 Å². The number of carbonyl (C=O) groups is 1. The second-order valence-electron chi connectivity index (χ2n) is 3.96. The van der Waals surface area contributed by atoms with Crippen molar-refractivity contribution in [2.75, 3.05) is 0 Å². The molecular formula is C13H13NO2. The predicted molar refractivity (Wildman–Crippen MR) is 61.9 cm³/mol. The predicted octanol–water partition coefficient (Wildman–Crippen LogP) is 2.59. The monoisotopic (exact) mass is 215 g/mol. The Hall–Kier alpha value is -1.90. The van der Waals surface area contributed by atoms with Crippen LogP contribution in [0, 0.1) is 5.41 Å². The molecule has 0 saturated heterocycles. The van der Waals surface area contributed by atoms with E-state index >= 15 is 0 Å². The fourth-order valence-electron chi connectivity index (χ4n) is 2.04. The first-order valence-corrected chi connectivity index (χ1v) is 5.22. The molecule has 82 valence electrons. The van der Waals surface area contributed by atoms with E-state index in [0.29, 0.717) is 12.8 Å². The van der Waals surface area contributed by atoms with E-state index in [9.17, 15) is 4.79 Å². The summed E-state index contributed by atoms with van der Waals surface area (Å²) in [7, 11) is 0. The third-order valence-electron chi connectivity index (χ3n) is 2.91. The Morgan fingerprint density at radius 1 is 1.25 bits per heavy atom. The number of aliphatic hydroxyl groups is 1. The minimum Gasteiger partial charge on any atom is -0.515 e. The number of nitrogens with one attached hydrogen (secondary N) is 1. The van der Waals surface area contributed by atoms with Gasteiger partial charge in [-0.15, -0.1) is 0 Å². The Balaban J connectivity index is 2.24. The van der Waals surface area contributed by atoms with Gasteiger partial charge in [-0.3, -0.25) is 4.79 Å². The van der Waals surface area contributed by atoms with E-state index < -0.39 is 0 Å². The van der Waals surface area contributed by atoms with Crippen LogP contribution in [0.1, 0.15) is 24.3 Å². The number of benzene rings is 1. The van der Waals surface area contributed by atoms with Crippen LogP contribution in [0.25, 0.3) is 0 Å². The van der Waals surface area contributed by atoms with Crippen molar-refractivity contribution in [1.29, 1.82) is 5.41 Å². The van der Waals surface area contributed by atoms with Crippen molar-refractivity contribution in [2.24, 2.45) is 0 Å². The van der Waals surface area contributed by atoms with Crippen molar-refractivity contribution in [3.8, 4) is 0 Å². The Morgan fingerprint density at radius 3 is 2.50 bits per heavy atom. The molecule has 1 fully saturated rings. The van der Waals surface area contributed by atoms with Gasteiger partial charge in [-0.1, -0.05) is 30.3 Å². The van der Waals surface area contributed by atoms with Crippen LogP contribution in [-0.2, 0) is 4.79 Å². The molecule has 3 heteroatoms. The van der Waals surface area contributed by atoms with Gasteiger partial charge in [0.2, 0.25) is 0 Å². The molecule has 0 aliphatic heterocycles. The Kier molecular flexibility index (Phi) is 2.86. The number of Topliss-reactive ketones (excluding diaryl/α,β-unsaturated/α-hetero) is 1. The molecule has 1 aliphatic carbocycles. The SMILES string of the molecule is N=C1CC(c2ccccc2)CC(=O)/C1=C\O. The molecule has 0 heterocycles. The first-order valence-electron chi connectivity index (χ1n) is 5.22. The maximum atomic E-state index is 11.7. The molecule has 3 nitrogen and oxygen atoms in total. The minimum absolute atomic E-state index is 0.0740. The van der Waals surface area contributed by atoms with E-state index in [1.54, 1.807) is 0 Å². The molecule has 1 atom stereocenters. The quantitative estimate of drug-likeness (QED) is 0.558. The van der Waals surface area contributed by atoms with Crippen LogP contribution >= 0.6 is 0 Å². The summed E-state index contributed by atoms with van der Waals surface area (Å²) in [6, 6.07) is 9.73. The van der Waals surface area contributed by atoms with Gasteiger partial charge in [-0.05, 0) is 17.9 Å². The van der Waals surface area contributed by atoms with Gasteiger partial charge in [-0.25, -0.2) is 0 Å². The molecule has 1 aromatic carbocycles. The molecule has 1 aromatic rings. The maximum absolute atomic E-state index is 11.7. The summed E-state index contributed by atoms with van der Waals surface area (Å²) in [5.41, 5.74) is 1.47. The molecule has 0 spiro atoms. The Morgan fingerprint density at radius 2 is 1.94 bits per heavy atom. The van der Waals surface area contributed by atoms with Gasteiger partial charge in [-0.2, -0.15) is 0 Å². The van der Waals surface area contributed by atoms with E-state index in [1.165, 1.54) is 0 Å². The first kappa shape index (κ1) is 10.6. The number of rotatable bonds is 1. The molecular weight excluding hydrogens is 202 g/mol. The minimum atomic E-state index is -0.146. The molecule has 2 rings (SSSR count). The standard InChI is InChI=1S/C13H13NO2/c14-12-6-10(7-13(16)11(12)8-15)9-4-2-1-3-5-9/h1-5,8,10,14-15H,6-7H2/b11-8-,14-12?. The lowest BCUT2D eigenvalue weighted by atomic mass is 9.80. The number of carbonyl (C=O) groups excluding carboxylic acids is 1. The third kappa shape index (κ3) is 1.89. The van der Waals surface area contributed by atoms with Gasteiger partial charge in [0.15, 0.2) is 5.78 Å². The summed E-state index contributed by atoms with van der Waals surface area (Å²) >= 11 is 0. The highest BCUT2D eigenvalue weighted by Crippen LogP contribution is 2.31. The molecule has 0 radical (unpaired) electrons.